The summed E-state index contributed by atoms with van der Waals surface area (Å²) in [5, 5.41) is 21.5. The monoisotopic (exact) mass is 526 g/mol. The highest BCUT2D eigenvalue weighted by molar-refractivity contribution is 8.00. The Labute approximate surface area is 218 Å². The molecule has 36 heavy (non-hydrogen) atoms. The first-order valence-corrected chi connectivity index (χ1v) is 12.7. The van der Waals surface area contributed by atoms with Crippen molar-refractivity contribution in [2.45, 2.75) is 23.9 Å². The average molecular weight is 527 g/mol. The van der Waals surface area contributed by atoms with Gasteiger partial charge in [-0.2, -0.15) is 0 Å². The van der Waals surface area contributed by atoms with E-state index < -0.39 is 11.2 Å². The third kappa shape index (κ3) is 6.63. The summed E-state index contributed by atoms with van der Waals surface area (Å²) in [6.07, 6.45) is 0. The number of aliphatic hydroxyl groups is 1. The van der Waals surface area contributed by atoms with Crippen LogP contribution in [0.4, 0.5) is 0 Å². The van der Waals surface area contributed by atoms with Gasteiger partial charge in [0.05, 0.1) is 36.1 Å². The van der Waals surface area contributed by atoms with Crippen LogP contribution >= 0.6 is 23.4 Å². The van der Waals surface area contributed by atoms with Crippen LogP contribution in [-0.2, 0) is 16.1 Å². The Kier molecular flexibility index (Phi) is 8.95. The number of carboxylic acid groups (broad SMARTS) is 1. The van der Waals surface area contributed by atoms with Crippen LogP contribution in [0.2, 0.25) is 5.02 Å². The number of hydrogen-bond donors (Lipinski definition) is 4. The van der Waals surface area contributed by atoms with Crippen molar-refractivity contribution in [3.05, 3.63) is 65.2 Å². The Morgan fingerprint density at radius 1 is 1.08 bits per heavy atom. The first kappa shape index (κ1) is 26.1. The summed E-state index contributed by atoms with van der Waals surface area (Å²) in [6, 6.07) is 18.1. The van der Waals surface area contributed by atoms with Crippen molar-refractivity contribution in [3.8, 4) is 22.4 Å². The topological polar surface area (TPSA) is 120 Å². The number of thioether (sulfide) groups is 1. The van der Waals surface area contributed by atoms with Crippen molar-refractivity contribution < 1.29 is 19.7 Å². The van der Waals surface area contributed by atoms with E-state index in [1.54, 1.807) is 13.0 Å². The van der Waals surface area contributed by atoms with E-state index in [9.17, 15) is 4.79 Å². The third-order valence-corrected chi connectivity index (χ3v) is 6.73. The number of ether oxygens (including phenoxy) is 1. The van der Waals surface area contributed by atoms with Gasteiger partial charge >= 0.3 is 5.97 Å². The predicted octanol–water partition coefficient (Wildman–Crippen LogP) is 4.61. The predicted molar refractivity (Wildman–Crippen MR) is 142 cm³/mol. The van der Waals surface area contributed by atoms with E-state index >= 15 is 0 Å². The van der Waals surface area contributed by atoms with Crippen molar-refractivity contribution in [1.82, 2.24) is 20.3 Å². The molecule has 0 fully saturated rings. The maximum atomic E-state index is 11.1. The molecule has 0 saturated heterocycles. The van der Waals surface area contributed by atoms with Gasteiger partial charge in [0.25, 0.3) is 0 Å². The number of H-pyrrole nitrogens is 1. The molecule has 4 N–H and O–H groups in total. The van der Waals surface area contributed by atoms with Gasteiger partial charge in [0.2, 0.25) is 0 Å². The maximum absolute atomic E-state index is 11.1. The van der Waals surface area contributed by atoms with Crippen LogP contribution in [0.15, 0.2) is 59.8 Å². The summed E-state index contributed by atoms with van der Waals surface area (Å²) in [4.78, 5) is 23.3. The highest BCUT2D eigenvalue weighted by Gasteiger charge is 2.17. The summed E-state index contributed by atoms with van der Waals surface area (Å²) in [5.41, 5.74) is 5.99. The molecule has 8 nitrogen and oxygen atoms in total. The van der Waals surface area contributed by atoms with Gasteiger partial charge in [0, 0.05) is 18.7 Å². The van der Waals surface area contributed by atoms with Crippen LogP contribution in [0, 0.1) is 0 Å². The van der Waals surface area contributed by atoms with Crippen molar-refractivity contribution in [1.29, 1.82) is 0 Å². The molecular formula is C26H27ClN4O4S. The molecule has 2 aromatic carbocycles. The molecule has 0 amide bonds. The molecule has 0 spiro atoms. The van der Waals surface area contributed by atoms with E-state index in [4.69, 9.17) is 26.6 Å². The van der Waals surface area contributed by atoms with Crippen LogP contribution in [0.5, 0.6) is 0 Å². The minimum absolute atomic E-state index is 0.0427. The number of halogens is 1. The van der Waals surface area contributed by atoms with E-state index in [1.165, 1.54) is 5.56 Å². The Morgan fingerprint density at radius 3 is 2.42 bits per heavy atom. The molecule has 0 bridgehead atoms. The quantitative estimate of drug-likeness (QED) is 0.156. The minimum atomic E-state index is -0.904. The van der Waals surface area contributed by atoms with E-state index in [0.29, 0.717) is 40.3 Å². The number of aromatic amines is 1. The lowest BCUT2D eigenvalue weighted by molar-refractivity contribution is -0.136. The Hall–Kier alpha value is -2.95. The molecule has 0 saturated carbocycles. The Morgan fingerprint density at radius 2 is 1.75 bits per heavy atom. The number of carbonyl (C=O) groups is 1. The molecule has 1 atom stereocenters. The van der Waals surface area contributed by atoms with Gasteiger partial charge < -0.3 is 25.3 Å². The molecular weight excluding hydrogens is 500 g/mol. The molecule has 10 heteroatoms. The molecule has 4 aromatic rings. The van der Waals surface area contributed by atoms with Crippen molar-refractivity contribution in [2.75, 3.05) is 26.4 Å². The number of nitrogens with one attached hydrogen (secondary N) is 2. The van der Waals surface area contributed by atoms with Gasteiger partial charge in [0.1, 0.15) is 5.25 Å². The fourth-order valence-electron chi connectivity index (χ4n) is 3.55. The highest BCUT2D eigenvalue weighted by Crippen LogP contribution is 2.32. The zero-order chi connectivity index (χ0) is 25.5. The molecule has 188 valence electrons. The third-order valence-electron chi connectivity index (χ3n) is 5.47. The zero-order valence-electron chi connectivity index (χ0n) is 19.7. The van der Waals surface area contributed by atoms with Crippen LogP contribution in [-0.4, -0.2) is 62.7 Å². The van der Waals surface area contributed by atoms with Gasteiger partial charge in [-0.1, -0.05) is 71.9 Å². The first-order valence-electron chi connectivity index (χ1n) is 11.5. The molecule has 2 heterocycles. The molecule has 2 aromatic heterocycles. The lowest BCUT2D eigenvalue weighted by Gasteiger charge is -2.08. The summed E-state index contributed by atoms with van der Waals surface area (Å²) >= 11 is 7.64. The summed E-state index contributed by atoms with van der Waals surface area (Å²) in [7, 11) is 0. The number of aliphatic carboxylic acids is 1. The average Bonchev–Trinajstić information content (AvgIpc) is 3.27. The smallest absolute Gasteiger partial charge is 0.316 e. The van der Waals surface area contributed by atoms with Crippen LogP contribution in [0.1, 0.15) is 12.5 Å². The van der Waals surface area contributed by atoms with Gasteiger partial charge in [0.15, 0.2) is 10.8 Å². The molecule has 0 aliphatic heterocycles. The van der Waals surface area contributed by atoms with E-state index in [0.717, 1.165) is 41.5 Å². The number of imidazole rings is 1. The van der Waals surface area contributed by atoms with Gasteiger partial charge in [-0.05, 0) is 29.7 Å². The zero-order valence-corrected chi connectivity index (χ0v) is 21.3. The second-order valence-electron chi connectivity index (χ2n) is 8.12. The fraction of sp³-hybridized carbons (Fsp3) is 0.269. The van der Waals surface area contributed by atoms with E-state index in [2.05, 4.69) is 44.5 Å². The number of rotatable bonds is 12. The standard InChI is InChI=1S/C26H27ClN4O4S/c1-16(25(33)34)36-26-29-22-14-21(27)23(30-24(22)31-26)20-8-6-19(7-9-20)18-4-2-17(3-5-18)15-28-10-12-35-13-11-32/h2-9,14,16,28,32H,10-13,15H2,1H3,(H,33,34)(H,29,30,31). The normalized spacial score (nSPS) is 12.2. The highest BCUT2D eigenvalue weighted by atomic mass is 35.5. The van der Waals surface area contributed by atoms with E-state index in [1.807, 2.05) is 24.3 Å². The second kappa shape index (κ2) is 12.3. The van der Waals surface area contributed by atoms with Crippen molar-refractivity contribution in [3.63, 3.8) is 0 Å². The van der Waals surface area contributed by atoms with Gasteiger partial charge in [-0.25, -0.2) is 9.97 Å². The Bertz CT molecular complexity index is 1310. The summed E-state index contributed by atoms with van der Waals surface area (Å²) in [6.45, 7) is 4.06. The number of carboxylic acids is 1. The minimum Gasteiger partial charge on any atom is -0.480 e. The number of pyridine rings is 1. The van der Waals surface area contributed by atoms with Gasteiger partial charge in [-0.3, -0.25) is 4.79 Å². The van der Waals surface area contributed by atoms with Crippen LogP contribution < -0.4 is 5.32 Å². The molecule has 0 radical (unpaired) electrons. The Balaban J connectivity index is 1.43. The second-order valence-corrected chi connectivity index (χ2v) is 9.85. The van der Waals surface area contributed by atoms with Crippen molar-refractivity contribution in [2.24, 2.45) is 0 Å². The largest absolute Gasteiger partial charge is 0.480 e. The van der Waals surface area contributed by atoms with E-state index in [-0.39, 0.29) is 6.61 Å². The molecule has 0 aliphatic carbocycles. The summed E-state index contributed by atoms with van der Waals surface area (Å²) < 4.78 is 5.24. The molecule has 0 aliphatic rings. The number of hydrogen-bond acceptors (Lipinski definition) is 7. The van der Waals surface area contributed by atoms with Crippen LogP contribution in [0.3, 0.4) is 0 Å². The lowest BCUT2D eigenvalue weighted by Crippen LogP contribution is -2.19. The van der Waals surface area contributed by atoms with Gasteiger partial charge in [-0.15, -0.1) is 0 Å². The number of aromatic nitrogens is 3. The van der Waals surface area contributed by atoms with Crippen LogP contribution in [0.25, 0.3) is 33.5 Å². The van der Waals surface area contributed by atoms with Crippen molar-refractivity contribution >= 4 is 40.5 Å². The number of nitrogens with zero attached hydrogens (tertiary/aromatic N) is 2. The maximum Gasteiger partial charge on any atom is 0.316 e. The number of benzene rings is 2. The summed E-state index contributed by atoms with van der Waals surface area (Å²) in [5.74, 6) is -0.904. The SMILES string of the molecule is CC(Sc1nc2nc(-c3ccc(-c4ccc(CNCCOCCO)cc4)cc3)c(Cl)cc2[nH]1)C(=O)O. The number of fused-ring (bicyclic) bond motifs is 1. The fourth-order valence-corrected chi connectivity index (χ4v) is 4.56. The molecule has 4 rings (SSSR count). The molecule has 1 unspecified atom stereocenters. The first-order chi connectivity index (χ1) is 17.4. The lowest BCUT2D eigenvalue weighted by atomic mass is 10.0. The number of aliphatic hydroxyl groups excluding tert-OH is 1.